The second kappa shape index (κ2) is 8.92. The number of aromatic nitrogens is 3. The molecule has 26 heavy (non-hydrogen) atoms. The molecule has 2 aromatic rings. The first-order valence-corrected chi connectivity index (χ1v) is 12.0. The number of anilines is 1. The molecule has 0 saturated heterocycles. The quantitative estimate of drug-likeness (QED) is 0.342. The van der Waals surface area contributed by atoms with Crippen molar-refractivity contribution in [1.82, 2.24) is 14.6 Å². The number of halogens is 2. The van der Waals surface area contributed by atoms with Gasteiger partial charge in [-0.2, -0.15) is 5.10 Å². The Labute approximate surface area is 184 Å². The normalized spacial score (nSPS) is 25.3. The Bertz CT molecular complexity index is 754. The molecule has 0 aliphatic heterocycles. The van der Waals surface area contributed by atoms with Crippen molar-refractivity contribution in [3.05, 3.63) is 21.2 Å². The molecule has 1 aliphatic carbocycles. The van der Waals surface area contributed by atoms with Gasteiger partial charge < -0.3 is 5.32 Å². The summed E-state index contributed by atoms with van der Waals surface area (Å²) < 4.78 is 3.57. The molecule has 0 radical (unpaired) electrons. The third-order valence-corrected chi connectivity index (χ3v) is 7.83. The third kappa shape index (κ3) is 5.23. The van der Waals surface area contributed by atoms with Gasteiger partial charge in [0.15, 0.2) is 5.65 Å². The minimum absolute atomic E-state index is 0.492. The molecule has 4 nitrogen and oxygen atoms in total. The third-order valence-electron chi connectivity index (χ3n) is 5.51. The first-order valence-electron chi connectivity index (χ1n) is 9.81. The van der Waals surface area contributed by atoms with Crippen LogP contribution in [0, 0.1) is 23.5 Å². The van der Waals surface area contributed by atoms with Gasteiger partial charge in [-0.15, -0.1) is 0 Å². The van der Waals surface area contributed by atoms with Gasteiger partial charge in [0.2, 0.25) is 0 Å². The fraction of sp³-hybridized carbons (Fsp3) is 0.700. The summed E-state index contributed by atoms with van der Waals surface area (Å²) in [6, 6.07) is 2.14. The predicted molar refractivity (Wildman–Crippen MR) is 127 cm³/mol. The van der Waals surface area contributed by atoms with E-state index in [0.29, 0.717) is 3.42 Å². The highest BCUT2D eigenvalue weighted by Gasteiger charge is 2.22. The summed E-state index contributed by atoms with van der Waals surface area (Å²) in [6.07, 6.45) is 10.9. The summed E-state index contributed by atoms with van der Waals surface area (Å²) >= 11 is 5.02. The van der Waals surface area contributed by atoms with Crippen LogP contribution < -0.4 is 5.32 Å². The number of hydrogen-bond acceptors (Lipinski definition) is 3. The van der Waals surface area contributed by atoms with Crippen molar-refractivity contribution in [2.75, 3.05) is 11.9 Å². The van der Waals surface area contributed by atoms with E-state index in [1.807, 2.05) is 4.52 Å². The van der Waals surface area contributed by atoms with Crippen LogP contribution in [-0.2, 0) is 0 Å². The number of nitrogens with zero attached hydrogens (tertiary/aromatic N) is 3. The van der Waals surface area contributed by atoms with E-state index in [2.05, 4.69) is 82.4 Å². The fourth-order valence-electron chi connectivity index (χ4n) is 3.94. The highest BCUT2D eigenvalue weighted by Crippen LogP contribution is 2.34. The van der Waals surface area contributed by atoms with Crippen molar-refractivity contribution in [3.63, 3.8) is 0 Å². The molecule has 2 aromatic heterocycles. The van der Waals surface area contributed by atoms with Gasteiger partial charge >= 0.3 is 0 Å². The minimum Gasteiger partial charge on any atom is -0.382 e. The zero-order valence-corrected chi connectivity index (χ0v) is 20.4. The van der Waals surface area contributed by atoms with Crippen molar-refractivity contribution in [2.45, 2.75) is 75.6 Å². The lowest BCUT2D eigenvalue weighted by molar-refractivity contribution is 0.384. The zero-order chi connectivity index (χ0) is 18.7. The predicted octanol–water partition coefficient (Wildman–Crippen LogP) is 6.31. The number of aryl methyl sites for hydroxylation is 2. The van der Waals surface area contributed by atoms with E-state index in [9.17, 15) is 0 Å². The van der Waals surface area contributed by atoms with Crippen molar-refractivity contribution in [3.8, 4) is 0 Å². The Morgan fingerprint density at radius 1 is 1.19 bits per heavy atom. The highest BCUT2D eigenvalue weighted by molar-refractivity contribution is 14.1. The molecule has 1 saturated carbocycles. The lowest BCUT2D eigenvalue weighted by Crippen LogP contribution is -2.20. The van der Waals surface area contributed by atoms with Gasteiger partial charge in [-0.25, -0.2) is 9.50 Å². The van der Waals surface area contributed by atoms with Gasteiger partial charge in [-0.05, 0) is 74.1 Å². The Morgan fingerprint density at radius 3 is 2.73 bits per heavy atom. The Balaban J connectivity index is 1.69. The van der Waals surface area contributed by atoms with E-state index in [1.165, 1.54) is 51.4 Å². The first kappa shape index (κ1) is 20.6. The standard InChI is InChI=1S/C20H30I2N4/c1-14-12-17(19-24-15(2)18(21)26(19)25-14)23-13-16-8-5-4-6-10-20(3,22)11-7-9-16/h12,16,23H,4-11,13H2,1-3H3. The molecular formula is C20H30I2N4. The summed E-state index contributed by atoms with van der Waals surface area (Å²) in [7, 11) is 0. The maximum Gasteiger partial charge on any atom is 0.178 e. The Kier molecular flexibility index (Phi) is 7.07. The van der Waals surface area contributed by atoms with E-state index in [-0.39, 0.29) is 0 Å². The minimum atomic E-state index is 0.492. The summed E-state index contributed by atoms with van der Waals surface area (Å²) in [5, 5.41) is 8.34. The molecular weight excluding hydrogens is 550 g/mol. The number of imidazole rings is 1. The summed E-state index contributed by atoms with van der Waals surface area (Å²) in [6.45, 7) is 7.58. The van der Waals surface area contributed by atoms with Gasteiger partial charge in [0.1, 0.15) is 3.70 Å². The van der Waals surface area contributed by atoms with E-state index in [1.54, 1.807) is 0 Å². The number of nitrogens with one attached hydrogen (secondary N) is 1. The second-order valence-electron chi connectivity index (χ2n) is 8.07. The molecule has 0 spiro atoms. The summed E-state index contributed by atoms with van der Waals surface area (Å²) in [5.41, 5.74) is 4.16. The van der Waals surface area contributed by atoms with Crippen molar-refractivity contribution in [1.29, 1.82) is 0 Å². The van der Waals surface area contributed by atoms with Crippen LogP contribution in [-0.4, -0.2) is 24.6 Å². The molecule has 1 aliphatic rings. The van der Waals surface area contributed by atoms with E-state index in [4.69, 9.17) is 4.98 Å². The van der Waals surface area contributed by atoms with Gasteiger partial charge in [-0.1, -0.05) is 55.2 Å². The molecule has 1 fully saturated rings. The van der Waals surface area contributed by atoms with Crippen LogP contribution in [0.25, 0.3) is 5.65 Å². The molecule has 144 valence electrons. The molecule has 2 heterocycles. The van der Waals surface area contributed by atoms with Crippen LogP contribution >= 0.6 is 45.2 Å². The van der Waals surface area contributed by atoms with Crippen LogP contribution in [0.4, 0.5) is 5.69 Å². The Morgan fingerprint density at radius 2 is 1.92 bits per heavy atom. The van der Waals surface area contributed by atoms with Crippen molar-refractivity contribution < 1.29 is 0 Å². The van der Waals surface area contributed by atoms with Crippen LogP contribution in [0.15, 0.2) is 6.07 Å². The lowest BCUT2D eigenvalue weighted by atomic mass is 9.88. The van der Waals surface area contributed by atoms with Gasteiger partial charge in [0, 0.05) is 9.97 Å². The number of rotatable bonds is 3. The lowest BCUT2D eigenvalue weighted by Gasteiger charge is -2.26. The maximum absolute atomic E-state index is 4.73. The zero-order valence-electron chi connectivity index (χ0n) is 16.1. The topological polar surface area (TPSA) is 42.2 Å². The largest absolute Gasteiger partial charge is 0.382 e. The van der Waals surface area contributed by atoms with Crippen molar-refractivity contribution in [2.24, 2.45) is 5.92 Å². The molecule has 6 heteroatoms. The van der Waals surface area contributed by atoms with E-state index < -0.39 is 0 Å². The molecule has 1 N–H and O–H groups in total. The van der Waals surface area contributed by atoms with Gasteiger partial charge in [0.25, 0.3) is 0 Å². The smallest absolute Gasteiger partial charge is 0.178 e. The van der Waals surface area contributed by atoms with Gasteiger partial charge in [0.05, 0.1) is 17.1 Å². The van der Waals surface area contributed by atoms with Gasteiger partial charge in [-0.3, -0.25) is 0 Å². The SMILES string of the molecule is Cc1cc(NCC2CCCCCC(C)(I)CCC2)c2nc(C)c(I)n2n1. The number of alkyl halides is 1. The molecule has 0 bridgehead atoms. The molecule has 0 aromatic carbocycles. The van der Waals surface area contributed by atoms with Crippen LogP contribution in [0.1, 0.15) is 69.7 Å². The van der Waals surface area contributed by atoms with Crippen molar-refractivity contribution >= 4 is 56.5 Å². The molecule has 2 unspecified atom stereocenters. The van der Waals surface area contributed by atoms with Crippen LogP contribution in [0.3, 0.4) is 0 Å². The maximum atomic E-state index is 4.73. The molecule has 3 rings (SSSR count). The summed E-state index contributed by atoms with van der Waals surface area (Å²) in [5.74, 6) is 0.754. The number of fused-ring (bicyclic) bond motifs is 1. The van der Waals surface area contributed by atoms with Crippen LogP contribution in [0.2, 0.25) is 0 Å². The monoisotopic (exact) mass is 580 g/mol. The highest BCUT2D eigenvalue weighted by atomic mass is 127. The molecule has 0 amide bonds. The molecule has 2 atom stereocenters. The average molecular weight is 580 g/mol. The van der Waals surface area contributed by atoms with Crippen LogP contribution in [0.5, 0.6) is 0 Å². The number of hydrogen-bond donors (Lipinski definition) is 1. The van der Waals surface area contributed by atoms with E-state index in [0.717, 1.165) is 38.9 Å². The second-order valence-corrected chi connectivity index (χ2v) is 11.7. The summed E-state index contributed by atoms with van der Waals surface area (Å²) in [4.78, 5) is 4.73. The first-order chi connectivity index (χ1) is 12.4. The average Bonchev–Trinajstić information content (AvgIpc) is 2.86. The fourth-order valence-corrected chi connectivity index (χ4v) is 5.16. The Hall–Kier alpha value is -0.120. The van der Waals surface area contributed by atoms with E-state index >= 15 is 0 Å².